The van der Waals surface area contributed by atoms with Gasteiger partial charge in [0.25, 0.3) is 0 Å². The molecule has 2 heterocycles. The number of esters is 1. The second-order valence-corrected chi connectivity index (χ2v) is 4.31. The molecule has 2 aromatic heterocycles. The van der Waals surface area contributed by atoms with E-state index in [1.165, 1.54) is 7.11 Å². The molecule has 1 aromatic carbocycles. The molecule has 4 nitrogen and oxygen atoms in total. The van der Waals surface area contributed by atoms with Crippen LogP contribution in [0, 0.1) is 0 Å². The van der Waals surface area contributed by atoms with Gasteiger partial charge in [0, 0.05) is 35.1 Å². The fraction of sp³-hybridized carbons (Fsp3) is 0.214. The Bertz CT molecular complexity index is 736. The molecule has 0 bridgehead atoms. The third-order valence-corrected chi connectivity index (χ3v) is 3.24. The standard InChI is InChI=1S/C14H13NO3/c1-15-6-5-10-11(15)3-4-12-14(10)9(8-18-12)7-13(16)17-2/h3-6,8H,7H2,1-2H3. The average Bonchev–Trinajstić information content (AvgIpc) is 2.94. The van der Waals surface area contributed by atoms with Gasteiger partial charge < -0.3 is 13.7 Å². The summed E-state index contributed by atoms with van der Waals surface area (Å²) in [6.45, 7) is 0. The van der Waals surface area contributed by atoms with E-state index in [1.807, 2.05) is 36.0 Å². The molecule has 92 valence electrons. The Morgan fingerprint density at radius 3 is 3.00 bits per heavy atom. The molecule has 0 atom stereocenters. The molecule has 0 aliphatic heterocycles. The Kier molecular flexibility index (Phi) is 2.37. The Balaban J connectivity index is 2.26. The predicted molar refractivity (Wildman–Crippen MR) is 68.4 cm³/mol. The zero-order valence-electron chi connectivity index (χ0n) is 10.3. The van der Waals surface area contributed by atoms with Gasteiger partial charge >= 0.3 is 5.97 Å². The first-order valence-corrected chi connectivity index (χ1v) is 5.71. The number of fused-ring (bicyclic) bond motifs is 3. The van der Waals surface area contributed by atoms with Crippen LogP contribution in [0.4, 0.5) is 0 Å². The van der Waals surface area contributed by atoms with E-state index in [1.54, 1.807) is 6.26 Å². The number of benzene rings is 1. The van der Waals surface area contributed by atoms with Gasteiger partial charge in [-0.15, -0.1) is 0 Å². The summed E-state index contributed by atoms with van der Waals surface area (Å²) in [7, 11) is 3.39. The lowest BCUT2D eigenvalue weighted by atomic mass is 10.1. The largest absolute Gasteiger partial charge is 0.469 e. The van der Waals surface area contributed by atoms with Crippen LogP contribution in [0.5, 0.6) is 0 Å². The van der Waals surface area contributed by atoms with E-state index in [9.17, 15) is 4.79 Å². The second-order valence-electron chi connectivity index (χ2n) is 4.31. The maximum Gasteiger partial charge on any atom is 0.310 e. The molecule has 0 saturated carbocycles. The highest BCUT2D eigenvalue weighted by Crippen LogP contribution is 2.30. The van der Waals surface area contributed by atoms with Crippen LogP contribution in [0.2, 0.25) is 0 Å². The summed E-state index contributed by atoms with van der Waals surface area (Å²) >= 11 is 0. The van der Waals surface area contributed by atoms with E-state index in [-0.39, 0.29) is 12.4 Å². The Morgan fingerprint density at radius 1 is 1.39 bits per heavy atom. The third kappa shape index (κ3) is 1.49. The van der Waals surface area contributed by atoms with Crippen LogP contribution < -0.4 is 0 Å². The zero-order valence-corrected chi connectivity index (χ0v) is 10.3. The van der Waals surface area contributed by atoms with Crippen molar-refractivity contribution in [2.45, 2.75) is 6.42 Å². The Morgan fingerprint density at radius 2 is 2.22 bits per heavy atom. The van der Waals surface area contributed by atoms with Crippen molar-refractivity contribution in [2.75, 3.05) is 7.11 Å². The van der Waals surface area contributed by atoms with E-state index < -0.39 is 0 Å². The fourth-order valence-electron chi connectivity index (χ4n) is 2.31. The Labute approximate surface area is 104 Å². The molecule has 3 rings (SSSR count). The van der Waals surface area contributed by atoms with Crippen molar-refractivity contribution in [1.82, 2.24) is 4.57 Å². The van der Waals surface area contributed by atoms with Crippen molar-refractivity contribution in [1.29, 1.82) is 0 Å². The fourth-order valence-corrected chi connectivity index (χ4v) is 2.31. The number of aromatic nitrogens is 1. The predicted octanol–water partition coefficient (Wildman–Crippen LogP) is 2.64. The molecule has 4 heteroatoms. The minimum absolute atomic E-state index is 0.234. The number of nitrogens with zero attached hydrogens (tertiary/aromatic N) is 1. The van der Waals surface area contributed by atoms with Crippen molar-refractivity contribution < 1.29 is 13.9 Å². The first-order chi connectivity index (χ1) is 8.70. The van der Waals surface area contributed by atoms with Gasteiger partial charge in [-0.1, -0.05) is 0 Å². The number of carbonyl (C=O) groups excluding carboxylic acids is 1. The van der Waals surface area contributed by atoms with Gasteiger partial charge in [-0.3, -0.25) is 4.79 Å². The number of methoxy groups -OCH3 is 1. The van der Waals surface area contributed by atoms with Crippen LogP contribution in [-0.2, 0) is 23.0 Å². The van der Waals surface area contributed by atoms with Crippen LogP contribution in [-0.4, -0.2) is 17.6 Å². The van der Waals surface area contributed by atoms with Crippen molar-refractivity contribution in [3.63, 3.8) is 0 Å². The van der Waals surface area contributed by atoms with Gasteiger partial charge in [-0.05, 0) is 18.2 Å². The molecule has 0 unspecified atom stereocenters. The van der Waals surface area contributed by atoms with E-state index in [0.29, 0.717) is 0 Å². The van der Waals surface area contributed by atoms with E-state index in [2.05, 4.69) is 0 Å². The van der Waals surface area contributed by atoms with Gasteiger partial charge in [0.2, 0.25) is 0 Å². The summed E-state index contributed by atoms with van der Waals surface area (Å²) in [5.41, 5.74) is 2.79. The number of hydrogen-bond acceptors (Lipinski definition) is 3. The van der Waals surface area contributed by atoms with E-state index >= 15 is 0 Å². The number of carbonyl (C=O) groups is 1. The number of furan rings is 1. The average molecular weight is 243 g/mol. The first-order valence-electron chi connectivity index (χ1n) is 5.71. The van der Waals surface area contributed by atoms with Crippen LogP contribution in [0.1, 0.15) is 5.56 Å². The van der Waals surface area contributed by atoms with E-state index in [0.717, 1.165) is 27.4 Å². The molecular weight excluding hydrogens is 230 g/mol. The minimum Gasteiger partial charge on any atom is -0.469 e. The van der Waals surface area contributed by atoms with Crippen LogP contribution >= 0.6 is 0 Å². The molecular formula is C14H13NO3. The Hall–Kier alpha value is -2.23. The first kappa shape index (κ1) is 10.9. The zero-order chi connectivity index (χ0) is 12.7. The van der Waals surface area contributed by atoms with E-state index in [4.69, 9.17) is 9.15 Å². The molecule has 0 amide bonds. The summed E-state index contributed by atoms with van der Waals surface area (Å²) < 4.78 is 12.2. The highest BCUT2D eigenvalue weighted by molar-refractivity contribution is 6.07. The number of rotatable bonds is 2. The maximum atomic E-state index is 11.4. The number of aryl methyl sites for hydroxylation is 1. The summed E-state index contributed by atoms with van der Waals surface area (Å²) in [5, 5.41) is 2.10. The van der Waals surface area contributed by atoms with Crippen LogP contribution in [0.25, 0.3) is 21.9 Å². The van der Waals surface area contributed by atoms with Gasteiger partial charge in [-0.25, -0.2) is 0 Å². The maximum absolute atomic E-state index is 11.4. The lowest BCUT2D eigenvalue weighted by molar-refractivity contribution is -0.139. The van der Waals surface area contributed by atoms with Crippen molar-refractivity contribution in [3.05, 3.63) is 36.2 Å². The van der Waals surface area contributed by atoms with Gasteiger partial charge in [0.1, 0.15) is 5.58 Å². The van der Waals surface area contributed by atoms with Gasteiger partial charge in [-0.2, -0.15) is 0 Å². The number of hydrogen-bond donors (Lipinski definition) is 0. The smallest absolute Gasteiger partial charge is 0.310 e. The highest BCUT2D eigenvalue weighted by Gasteiger charge is 2.14. The number of ether oxygens (including phenoxy) is 1. The van der Waals surface area contributed by atoms with Crippen LogP contribution in [0.15, 0.2) is 35.1 Å². The van der Waals surface area contributed by atoms with Gasteiger partial charge in [0.15, 0.2) is 0 Å². The summed E-state index contributed by atoms with van der Waals surface area (Å²) in [6, 6.07) is 5.98. The molecule has 18 heavy (non-hydrogen) atoms. The lowest BCUT2D eigenvalue weighted by Crippen LogP contribution is -2.03. The van der Waals surface area contributed by atoms with Crippen molar-refractivity contribution >= 4 is 27.8 Å². The molecule has 0 aliphatic carbocycles. The summed E-state index contributed by atoms with van der Waals surface area (Å²) in [5.74, 6) is -0.259. The van der Waals surface area contributed by atoms with Gasteiger partial charge in [0.05, 0.1) is 19.8 Å². The molecule has 0 aliphatic rings. The van der Waals surface area contributed by atoms with Crippen molar-refractivity contribution in [3.8, 4) is 0 Å². The second kappa shape index (κ2) is 3.91. The van der Waals surface area contributed by atoms with Crippen LogP contribution in [0.3, 0.4) is 0 Å². The quantitative estimate of drug-likeness (QED) is 0.650. The molecule has 0 N–H and O–H groups in total. The summed E-state index contributed by atoms with van der Waals surface area (Å²) in [6.07, 6.45) is 3.87. The third-order valence-electron chi connectivity index (χ3n) is 3.24. The molecule has 0 fully saturated rings. The topological polar surface area (TPSA) is 44.4 Å². The highest BCUT2D eigenvalue weighted by atomic mass is 16.5. The minimum atomic E-state index is -0.259. The molecule has 0 radical (unpaired) electrons. The molecule has 0 spiro atoms. The SMILES string of the molecule is COC(=O)Cc1coc2ccc3c(ccn3C)c12. The molecule has 3 aromatic rings. The normalized spacial score (nSPS) is 11.2. The molecule has 0 saturated heterocycles. The lowest BCUT2D eigenvalue weighted by Gasteiger charge is -2.00. The monoisotopic (exact) mass is 243 g/mol. The van der Waals surface area contributed by atoms with Crippen molar-refractivity contribution in [2.24, 2.45) is 7.05 Å². The summed E-state index contributed by atoms with van der Waals surface area (Å²) in [4.78, 5) is 11.4.